The smallest absolute Gasteiger partial charge is 0.234 e. The number of hydrogen-bond donors (Lipinski definition) is 2. The molecule has 0 spiro atoms. The lowest BCUT2D eigenvalue weighted by Crippen LogP contribution is -2.51. The summed E-state index contributed by atoms with van der Waals surface area (Å²) < 4.78 is 10.1. The second-order valence-corrected chi connectivity index (χ2v) is 7.58. The molecule has 1 aliphatic rings. The average Bonchev–Trinajstić information content (AvgIpc) is 2.76. The van der Waals surface area contributed by atoms with Crippen molar-refractivity contribution in [1.29, 1.82) is 0 Å². The van der Waals surface area contributed by atoms with Crippen LogP contribution in [0.2, 0.25) is 0 Å². The van der Waals surface area contributed by atoms with E-state index in [1.54, 1.807) is 19.1 Å². The Morgan fingerprint density at radius 3 is 2.32 bits per heavy atom. The van der Waals surface area contributed by atoms with Gasteiger partial charge in [-0.2, -0.15) is 0 Å². The molecule has 0 bridgehead atoms. The lowest BCUT2D eigenvalue weighted by Gasteiger charge is -2.35. The van der Waals surface area contributed by atoms with Crippen LogP contribution < -0.4 is 15.4 Å². The predicted octanol–water partition coefficient (Wildman–Crippen LogP) is 0.559. The average molecular weight is 435 g/mol. The Labute approximate surface area is 184 Å². The van der Waals surface area contributed by atoms with E-state index < -0.39 is 6.04 Å². The van der Waals surface area contributed by atoms with Crippen LogP contribution >= 0.6 is 0 Å². The van der Waals surface area contributed by atoms with E-state index in [1.165, 1.54) is 6.92 Å². The fourth-order valence-electron chi connectivity index (χ4n) is 3.50. The summed E-state index contributed by atoms with van der Waals surface area (Å²) in [7, 11) is 3.23. The minimum absolute atomic E-state index is 0.0129. The van der Waals surface area contributed by atoms with Crippen LogP contribution in [0.15, 0.2) is 24.3 Å². The molecule has 172 valence electrons. The number of amides is 3. The fraction of sp³-hybridized carbons (Fsp3) is 0.591. The topological polar surface area (TPSA) is 100 Å². The number of nitrogens with one attached hydrogen (secondary N) is 2. The monoisotopic (exact) mass is 434 g/mol. The zero-order chi connectivity index (χ0) is 22.6. The maximum absolute atomic E-state index is 12.9. The van der Waals surface area contributed by atoms with E-state index in [4.69, 9.17) is 9.47 Å². The van der Waals surface area contributed by atoms with Crippen molar-refractivity contribution in [1.82, 2.24) is 20.4 Å². The molecule has 1 aromatic rings. The van der Waals surface area contributed by atoms with Crippen LogP contribution in [0.1, 0.15) is 31.4 Å². The summed E-state index contributed by atoms with van der Waals surface area (Å²) in [5, 5.41) is 5.75. The molecule has 31 heavy (non-hydrogen) atoms. The van der Waals surface area contributed by atoms with Gasteiger partial charge in [-0.05, 0) is 24.1 Å². The Hall–Kier alpha value is -2.65. The number of carbonyl (C=O) groups is 3. The van der Waals surface area contributed by atoms with Gasteiger partial charge >= 0.3 is 0 Å². The van der Waals surface area contributed by atoms with E-state index in [0.717, 1.165) is 17.7 Å². The summed E-state index contributed by atoms with van der Waals surface area (Å²) in [6.07, 6.45) is 0.972. The van der Waals surface area contributed by atoms with Crippen LogP contribution in [0.4, 0.5) is 0 Å². The second kappa shape index (κ2) is 12.9. The summed E-state index contributed by atoms with van der Waals surface area (Å²) >= 11 is 0. The maximum Gasteiger partial charge on any atom is 0.234 e. The van der Waals surface area contributed by atoms with Crippen molar-refractivity contribution in [3.05, 3.63) is 29.8 Å². The summed E-state index contributed by atoms with van der Waals surface area (Å²) in [4.78, 5) is 40.4. The van der Waals surface area contributed by atoms with Gasteiger partial charge in [0.25, 0.3) is 0 Å². The van der Waals surface area contributed by atoms with E-state index in [2.05, 4.69) is 10.6 Å². The van der Waals surface area contributed by atoms with Crippen LogP contribution in [0.25, 0.3) is 0 Å². The Morgan fingerprint density at radius 2 is 1.74 bits per heavy atom. The van der Waals surface area contributed by atoms with E-state index in [0.29, 0.717) is 45.9 Å². The molecule has 2 N–H and O–H groups in total. The van der Waals surface area contributed by atoms with Gasteiger partial charge in [0.05, 0.1) is 26.1 Å². The van der Waals surface area contributed by atoms with Crippen molar-refractivity contribution in [2.75, 3.05) is 60.1 Å². The number of benzene rings is 1. The summed E-state index contributed by atoms with van der Waals surface area (Å²) in [6, 6.07) is 6.94. The van der Waals surface area contributed by atoms with Crippen molar-refractivity contribution in [2.24, 2.45) is 0 Å². The Morgan fingerprint density at radius 1 is 1.06 bits per heavy atom. The van der Waals surface area contributed by atoms with Gasteiger partial charge in [-0.1, -0.05) is 12.1 Å². The lowest BCUT2D eigenvalue weighted by atomic mass is 10.0. The highest BCUT2D eigenvalue weighted by atomic mass is 16.5. The minimum atomic E-state index is -0.396. The van der Waals surface area contributed by atoms with Crippen molar-refractivity contribution in [3.63, 3.8) is 0 Å². The fourth-order valence-corrected chi connectivity index (χ4v) is 3.50. The Kier molecular flexibility index (Phi) is 10.3. The van der Waals surface area contributed by atoms with Gasteiger partial charge in [0.15, 0.2) is 0 Å². The Balaban J connectivity index is 1.82. The molecular formula is C22H34N4O5. The molecule has 9 heteroatoms. The number of rotatable bonds is 11. The van der Waals surface area contributed by atoms with E-state index in [1.807, 2.05) is 29.2 Å². The number of carbonyl (C=O) groups excluding carboxylic acids is 3. The standard InChI is InChI=1S/C22H34N4O5/c1-17(27)24-20(18-5-7-19(31-3)8-6-18)15-22(29)26-12-10-25(11-13-26)16-21(28)23-9-4-14-30-2/h5-8,20H,4,9-16H2,1-3H3,(H,23,28)(H,24,27). The third-order valence-corrected chi connectivity index (χ3v) is 5.21. The Bertz CT molecular complexity index is 717. The third-order valence-electron chi connectivity index (χ3n) is 5.21. The number of ether oxygens (including phenoxy) is 2. The molecule has 1 saturated heterocycles. The van der Waals surface area contributed by atoms with Crippen LogP contribution in [-0.4, -0.2) is 87.6 Å². The van der Waals surface area contributed by atoms with E-state index >= 15 is 0 Å². The van der Waals surface area contributed by atoms with Crippen molar-refractivity contribution >= 4 is 17.7 Å². The van der Waals surface area contributed by atoms with Gasteiger partial charge in [0.1, 0.15) is 5.75 Å². The van der Waals surface area contributed by atoms with E-state index in [9.17, 15) is 14.4 Å². The number of nitrogens with zero attached hydrogens (tertiary/aromatic N) is 2. The highest BCUT2D eigenvalue weighted by molar-refractivity contribution is 5.80. The first-order valence-corrected chi connectivity index (χ1v) is 10.6. The van der Waals surface area contributed by atoms with Gasteiger partial charge in [-0.3, -0.25) is 19.3 Å². The van der Waals surface area contributed by atoms with Crippen LogP contribution in [0.5, 0.6) is 5.75 Å². The molecule has 0 aromatic heterocycles. The van der Waals surface area contributed by atoms with Gasteiger partial charge in [0, 0.05) is 53.4 Å². The van der Waals surface area contributed by atoms with Crippen molar-refractivity contribution in [2.45, 2.75) is 25.8 Å². The molecule has 2 rings (SSSR count). The molecule has 0 saturated carbocycles. The number of piperazine rings is 1. The molecule has 9 nitrogen and oxygen atoms in total. The molecule has 0 aliphatic carbocycles. The van der Waals surface area contributed by atoms with Crippen molar-refractivity contribution in [3.8, 4) is 5.75 Å². The molecule has 1 unspecified atom stereocenters. The maximum atomic E-state index is 12.9. The minimum Gasteiger partial charge on any atom is -0.497 e. The van der Waals surface area contributed by atoms with Crippen LogP contribution in [0, 0.1) is 0 Å². The first-order valence-electron chi connectivity index (χ1n) is 10.6. The zero-order valence-electron chi connectivity index (χ0n) is 18.7. The van der Waals surface area contributed by atoms with Crippen molar-refractivity contribution < 1.29 is 23.9 Å². The van der Waals surface area contributed by atoms with Crippen LogP contribution in [0.3, 0.4) is 0 Å². The van der Waals surface area contributed by atoms with Gasteiger partial charge < -0.3 is 25.0 Å². The molecule has 1 aromatic carbocycles. The number of hydrogen-bond acceptors (Lipinski definition) is 6. The first-order chi connectivity index (χ1) is 14.9. The quantitative estimate of drug-likeness (QED) is 0.494. The molecule has 1 fully saturated rings. The summed E-state index contributed by atoms with van der Waals surface area (Å²) in [6.45, 7) is 5.40. The van der Waals surface area contributed by atoms with Crippen LogP contribution in [-0.2, 0) is 19.1 Å². The third kappa shape index (κ3) is 8.55. The molecule has 3 amide bonds. The highest BCUT2D eigenvalue weighted by Crippen LogP contribution is 2.21. The van der Waals surface area contributed by atoms with Gasteiger partial charge in [-0.25, -0.2) is 0 Å². The SMILES string of the molecule is COCCCNC(=O)CN1CCN(C(=O)CC(NC(C)=O)c2ccc(OC)cc2)CC1. The first kappa shape index (κ1) is 24.6. The highest BCUT2D eigenvalue weighted by Gasteiger charge is 2.25. The molecule has 1 aliphatic heterocycles. The normalized spacial score (nSPS) is 15.3. The summed E-state index contributed by atoms with van der Waals surface area (Å²) in [5.74, 6) is 0.504. The number of methoxy groups -OCH3 is 2. The molecule has 1 heterocycles. The van der Waals surface area contributed by atoms with E-state index in [-0.39, 0.29) is 24.1 Å². The lowest BCUT2D eigenvalue weighted by molar-refractivity contribution is -0.134. The largest absolute Gasteiger partial charge is 0.497 e. The van der Waals surface area contributed by atoms with Gasteiger partial charge in [-0.15, -0.1) is 0 Å². The van der Waals surface area contributed by atoms with Gasteiger partial charge in [0.2, 0.25) is 17.7 Å². The molecular weight excluding hydrogens is 400 g/mol. The zero-order valence-corrected chi connectivity index (χ0v) is 18.7. The molecule has 0 radical (unpaired) electrons. The molecule has 1 atom stereocenters. The second-order valence-electron chi connectivity index (χ2n) is 7.58. The summed E-state index contributed by atoms with van der Waals surface area (Å²) in [5.41, 5.74) is 0.855. The predicted molar refractivity (Wildman–Crippen MR) is 117 cm³/mol.